The Hall–Kier alpha value is -0.230. The quantitative estimate of drug-likeness (QED) is 0.518. The zero-order chi connectivity index (χ0) is 8.59. The Kier molecular flexibility index (Phi) is 2.43. The molecule has 1 aliphatic rings. The first-order valence-corrected chi connectivity index (χ1v) is 4.44. The zero-order valence-electron chi connectivity index (χ0n) is 7.66. The van der Waals surface area contributed by atoms with Gasteiger partial charge in [-0.25, -0.2) is 0 Å². The van der Waals surface area contributed by atoms with E-state index in [2.05, 4.69) is 27.7 Å². The fraction of sp³-hybridized carbons (Fsp3) is 0.600. The van der Waals surface area contributed by atoms with Crippen molar-refractivity contribution < 1.29 is 0 Å². The highest BCUT2D eigenvalue weighted by atomic mass is 35.5. The van der Waals surface area contributed by atoms with Crippen LogP contribution in [0.2, 0.25) is 0 Å². The minimum atomic E-state index is 0.528. The molecule has 0 fully saturated rings. The molecule has 1 heteroatoms. The van der Waals surface area contributed by atoms with E-state index in [0.29, 0.717) is 5.92 Å². The van der Waals surface area contributed by atoms with Crippen LogP contribution in [-0.2, 0) is 0 Å². The predicted octanol–water partition coefficient (Wildman–Crippen LogP) is 3.88. The van der Waals surface area contributed by atoms with Crippen molar-refractivity contribution >= 4 is 11.6 Å². The SMILES string of the molecule is CC1=C(C)C(C)=C(Cl)C(C)C1. The van der Waals surface area contributed by atoms with E-state index < -0.39 is 0 Å². The molecular weight excluding hydrogens is 156 g/mol. The topological polar surface area (TPSA) is 0 Å². The molecule has 11 heavy (non-hydrogen) atoms. The van der Waals surface area contributed by atoms with Gasteiger partial charge in [-0.2, -0.15) is 0 Å². The summed E-state index contributed by atoms with van der Waals surface area (Å²) in [5.74, 6) is 0.528. The van der Waals surface area contributed by atoms with E-state index in [4.69, 9.17) is 11.6 Å². The molecule has 0 aromatic rings. The Balaban J connectivity index is 3.07. The standard InChI is InChI=1S/C10H15Cl/c1-6-5-7(2)10(11)9(4)8(6)3/h7H,5H2,1-4H3. The Morgan fingerprint density at radius 2 is 1.73 bits per heavy atom. The highest BCUT2D eigenvalue weighted by molar-refractivity contribution is 6.30. The van der Waals surface area contributed by atoms with Gasteiger partial charge in [-0.05, 0) is 44.3 Å². The van der Waals surface area contributed by atoms with Crippen molar-refractivity contribution in [2.45, 2.75) is 34.1 Å². The van der Waals surface area contributed by atoms with Crippen LogP contribution in [0.15, 0.2) is 21.8 Å². The maximum Gasteiger partial charge on any atom is 0.0244 e. The molecule has 0 spiro atoms. The highest BCUT2D eigenvalue weighted by Crippen LogP contribution is 2.35. The molecule has 0 N–H and O–H groups in total. The molecule has 1 atom stereocenters. The number of hydrogen-bond acceptors (Lipinski definition) is 0. The molecular formula is C10H15Cl. The van der Waals surface area contributed by atoms with Gasteiger partial charge < -0.3 is 0 Å². The summed E-state index contributed by atoms with van der Waals surface area (Å²) in [6, 6.07) is 0. The maximum absolute atomic E-state index is 6.12. The third-order valence-electron chi connectivity index (χ3n) is 2.61. The largest absolute Gasteiger partial charge is 0.0885 e. The van der Waals surface area contributed by atoms with Gasteiger partial charge in [0.1, 0.15) is 0 Å². The summed E-state index contributed by atoms with van der Waals surface area (Å²) >= 11 is 6.12. The van der Waals surface area contributed by atoms with E-state index in [9.17, 15) is 0 Å². The van der Waals surface area contributed by atoms with Crippen molar-refractivity contribution in [1.82, 2.24) is 0 Å². The molecule has 1 unspecified atom stereocenters. The lowest BCUT2D eigenvalue weighted by Gasteiger charge is -2.22. The number of allylic oxidation sites excluding steroid dienone is 4. The van der Waals surface area contributed by atoms with E-state index in [1.807, 2.05) is 0 Å². The van der Waals surface area contributed by atoms with Gasteiger partial charge in [0.05, 0.1) is 0 Å². The van der Waals surface area contributed by atoms with Gasteiger partial charge in [0, 0.05) is 5.03 Å². The monoisotopic (exact) mass is 170 g/mol. The van der Waals surface area contributed by atoms with Crippen molar-refractivity contribution in [2.24, 2.45) is 5.92 Å². The summed E-state index contributed by atoms with van der Waals surface area (Å²) in [4.78, 5) is 0. The van der Waals surface area contributed by atoms with Crippen molar-refractivity contribution in [3.05, 3.63) is 21.8 Å². The Bertz CT molecular complexity index is 233. The van der Waals surface area contributed by atoms with Crippen LogP contribution in [0.1, 0.15) is 34.1 Å². The van der Waals surface area contributed by atoms with E-state index in [0.717, 1.165) is 11.5 Å². The molecule has 0 aliphatic heterocycles. The molecule has 0 nitrogen and oxygen atoms in total. The van der Waals surface area contributed by atoms with Crippen LogP contribution in [0.25, 0.3) is 0 Å². The van der Waals surface area contributed by atoms with Gasteiger partial charge in [0.2, 0.25) is 0 Å². The molecule has 1 rings (SSSR count). The fourth-order valence-electron chi connectivity index (χ4n) is 1.57. The summed E-state index contributed by atoms with van der Waals surface area (Å²) in [7, 11) is 0. The molecule has 0 bridgehead atoms. The van der Waals surface area contributed by atoms with Crippen molar-refractivity contribution in [1.29, 1.82) is 0 Å². The number of rotatable bonds is 0. The van der Waals surface area contributed by atoms with Crippen molar-refractivity contribution in [3.63, 3.8) is 0 Å². The van der Waals surface area contributed by atoms with E-state index >= 15 is 0 Å². The van der Waals surface area contributed by atoms with Crippen LogP contribution < -0.4 is 0 Å². The molecule has 1 aliphatic carbocycles. The van der Waals surface area contributed by atoms with E-state index in [1.165, 1.54) is 16.7 Å². The van der Waals surface area contributed by atoms with Crippen LogP contribution in [-0.4, -0.2) is 0 Å². The molecule has 0 saturated heterocycles. The normalized spacial score (nSPS) is 26.5. The van der Waals surface area contributed by atoms with E-state index in [-0.39, 0.29) is 0 Å². The summed E-state index contributed by atoms with van der Waals surface area (Å²) in [6.45, 7) is 8.64. The van der Waals surface area contributed by atoms with Gasteiger partial charge in [-0.1, -0.05) is 24.1 Å². The highest BCUT2D eigenvalue weighted by Gasteiger charge is 2.17. The Morgan fingerprint density at radius 1 is 1.18 bits per heavy atom. The molecule has 0 saturated carbocycles. The fourth-order valence-corrected chi connectivity index (χ4v) is 1.79. The minimum absolute atomic E-state index is 0.528. The molecule has 0 aromatic carbocycles. The average Bonchev–Trinajstić information content (AvgIpc) is 1.97. The second kappa shape index (κ2) is 3.02. The molecule has 0 amide bonds. The summed E-state index contributed by atoms with van der Waals surface area (Å²) < 4.78 is 0. The van der Waals surface area contributed by atoms with Gasteiger partial charge in [-0.3, -0.25) is 0 Å². The summed E-state index contributed by atoms with van der Waals surface area (Å²) in [6.07, 6.45) is 1.13. The first-order valence-electron chi connectivity index (χ1n) is 4.07. The Labute approximate surface area is 73.9 Å². The van der Waals surface area contributed by atoms with Gasteiger partial charge in [0.25, 0.3) is 0 Å². The molecule has 0 radical (unpaired) electrons. The van der Waals surface area contributed by atoms with E-state index in [1.54, 1.807) is 0 Å². The Morgan fingerprint density at radius 3 is 2.27 bits per heavy atom. The maximum atomic E-state index is 6.12. The van der Waals surface area contributed by atoms with Crippen LogP contribution in [0, 0.1) is 5.92 Å². The lowest BCUT2D eigenvalue weighted by Crippen LogP contribution is -2.06. The predicted molar refractivity (Wildman–Crippen MR) is 50.7 cm³/mol. The lowest BCUT2D eigenvalue weighted by molar-refractivity contribution is 0.676. The smallest absolute Gasteiger partial charge is 0.0244 e. The average molecular weight is 171 g/mol. The van der Waals surface area contributed by atoms with Crippen LogP contribution in [0.5, 0.6) is 0 Å². The second-order valence-corrected chi connectivity index (χ2v) is 3.89. The third kappa shape index (κ3) is 1.51. The van der Waals surface area contributed by atoms with Crippen molar-refractivity contribution in [2.75, 3.05) is 0 Å². The zero-order valence-corrected chi connectivity index (χ0v) is 8.42. The van der Waals surface area contributed by atoms with Gasteiger partial charge >= 0.3 is 0 Å². The summed E-state index contributed by atoms with van der Waals surface area (Å²) in [5, 5.41) is 1.05. The van der Waals surface area contributed by atoms with Gasteiger partial charge in [0.15, 0.2) is 0 Å². The number of halogens is 1. The third-order valence-corrected chi connectivity index (χ3v) is 3.26. The minimum Gasteiger partial charge on any atom is -0.0885 e. The van der Waals surface area contributed by atoms with Crippen LogP contribution in [0.4, 0.5) is 0 Å². The summed E-state index contributed by atoms with van der Waals surface area (Å²) in [5.41, 5.74) is 4.15. The lowest BCUT2D eigenvalue weighted by atomic mass is 9.87. The number of hydrogen-bond donors (Lipinski definition) is 0. The molecule has 0 heterocycles. The molecule has 62 valence electrons. The van der Waals surface area contributed by atoms with Crippen LogP contribution >= 0.6 is 11.6 Å². The van der Waals surface area contributed by atoms with Gasteiger partial charge in [-0.15, -0.1) is 0 Å². The molecule has 0 aromatic heterocycles. The first-order chi connectivity index (χ1) is 5.04. The van der Waals surface area contributed by atoms with Crippen LogP contribution in [0.3, 0.4) is 0 Å². The van der Waals surface area contributed by atoms with Crippen molar-refractivity contribution in [3.8, 4) is 0 Å². The first kappa shape index (κ1) is 8.86. The second-order valence-electron chi connectivity index (χ2n) is 3.48.